The number of ether oxygens (including phenoxy) is 1. The van der Waals surface area contributed by atoms with E-state index in [0.717, 1.165) is 19.3 Å². The van der Waals surface area contributed by atoms with Crippen LogP contribution >= 0.6 is 0 Å². The van der Waals surface area contributed by atoms with Crippen LogP contribution in [-0.4, -0.2) is 41.4 Å². The van der Waals surface area contributed by atoms with Gasteiger partial charge in [0.1, 0.15) is 6.04 Å². The van der Waals surface area contributed by atoms with E-state index in [9.17, 15) is 9.00 Å². The summed E-state index contributed by atoms with van der Waals surface area (Å²) in [5, 5.41) is 3.17. The van der Waals surface area contributed by atoms with Gasteiger partial charge in [-0.15, -0.1) is 0 Å². The Labute approximate surface area is 101 Å². The number of nitrogens with one attached hydrogen (secondary N) is 1. The molecule has 0 spiro atoms. The van der Waals surface area contributed by atoms with E-state index in [1.807, 2.05) is 6.92 Å². The molecule has 4 nitrogen and oxygen atoms in total. The second-order valence-corrected chi connectivity index (χ2v) is 5.51. The standard InChI is InChI=1S/C11H23NO3S/c1-5-6-7-10(11(13)15-3)12-9(2)8-16(4)14/h9-10,12H,5-8H2,1-4H3. The van der Waals surface area contributed by atoms with Gasteiger partial charge >= 0.3 is 5.97 Å². The Balaban J connectivity index is 4.18. The predicted molar refractivity (Wildman–Crippen MR) is 66.9 cm³/mol. The van der Waals surface area contributed by atoms with Crippen molar-refractivity contribution in [3.63, 3.8) is 0 Å². The maximum atomic E-state index is 11.5. The molecule has 0 saturated carbocycles. The summed E-state index contributed by atoms with van der Waals surface area (Å²) in [5.41, 5.74) is 0. The average Bonchev–Trinajstić information content (AvgIpc) is 2.21. The van der Waals surface area contributed by atoms with E-state index >= 15 is 0 Å². The van der Waals surface area contributed by atoms with Gasteiger partial charge in [0.25, 0.3) is 0 Å². The first-order valence-corrected chi connectivity index (χ1v) is 7.37. The Kier molecular flexibility index (Phi) is 8.47. The first kappa shape index (κ1) is 15.6. The van der Waals surface area contributed by atoms with Gasteiger partial charge in [-0.1, -0.05) is 19.8 Å². The highest BCUT2D eigenvalue weighted by molar-refractivity contribution is 7.84. The molecule has 1 N–H and O–H groups in total. The van der Waals surface area contributed by atoms with Crippen molar-refractivity contribution in [2.24, 2.45) is 0 Å². The summed E-state index contributed by atoms with van der Waals surface area (Å²) in [4.78, 5) is 11.5. The SMILES string of the molecule is CCCCC(NC(C)CS(C)=O)C(=O)OC. The molecule has 0 amide bonds. The summed E-state index contributed by atoms with van der Waals surface area (Å²) in [6, 6.07) is -0.213. The van der Waals surface area contributed by atoms with Crippen molar-refractivity contribution < 1.29 is 13.7 Å². The van der Waals surface area contributed by atoms with Gasteiger partial charge in [0, 0.05) is 28.9 Å². The molecule has 0 saturated heterocycles. The molecule has 0 aromatic carbocycles. The molecule has 0 bridgehead atoms. The minimum atomic E-state index is -0.848. The van der Waals surface area contributed by atoms with Crippen LogP contribution < -0.4 is 5.32 Å². The van der Waals surface area contributed by atoms with Gasteiger partial charge in [0.05, 0.1) is 7.11 Å². The number of methoxy groups -OCH3 is 1. The van der Waals surface area contributed by atoms with E-state index in [0.29, 0.717) is 5.75 Å². The van der Waals surface area contributed by atoms with Crippen LogP contribution in [0.5, 0.6) is 0 Å². The van der Waals surface area contributed by atoms with Crippen molar-refractivity contribution in [3.8, 4) is 0 Å². The molecule has 16 heavy (non-hydrogen) atoms. The van der Waals surface area contributed by atoms with Gasteiger partial charge < -0.3 is 10.1 Å². The van der Waals surface area contributed by atoms with Crippen molar-refractivity contribution >= 4 is 16.8 Å². The molecule has 0 aliphatic carbocycles. The lowest BCUT2D eigenvalue weighted by Gasteiger charge is -2.20. The van der Waals surface area contributed by atoms with Gasteiger partial charge in [-0.3, -0.25) is 9.00 Å². The summed E-state index contributed by atoms with van der Waals surface area (Å²) in [5.74, 6) is 0.321. The zero-order valence-electron chi connectivity index (χ0n) is 10.6. The van der Waals surface area contributed by atoms with Crippen molar-refractivity contribution in [1.29, 1.82) is 0 Å². The quantitative estimate of drug-likeness (QED) is 0.654. The number of unbranched alkanes of at least 4 members (excludes halogenated alkanes) is 1. The number of esters is 1. The van der Waals surface area contributed by atoms with Crippen LogP contribution in [0.15, 0.2) is 0 Å². The summed E-state index contributed by atoms with van der Waals surface area (Å²) in [6.45, 7) is 4.02. The zero-order valence-corrected chi connectivity index (χ0v) is 11.4. The number of rotatable bonds is 8. The predicted octanol–water partition coefficient (Wildman–Crippen LogP) is 1.07. The van der Waals surface area contributed by atoms with Crippen molar-refractivity contribution in [3.05, 3.63) is 0 Å². The lowest BCUT2D eigenvalue weighted by atomic mass is 10.1. The maximum absolute atomic E-state index is 11.5. The molecule has 0 heterocycles. The molecule has 0 radical (unpaired) electrons. The van der Waals surface area contributed by atoms with E-state index in [4.69, 9.17) is 4.74 Å². The van der Waals surface area contributed by atoms with Gasteiger partial charge in [-0.2, -0.15) is 0 Å². The van der Waals surface area contributed by atoms with Crippen LogP contribution in [0.3, 0.4) is 0 Å². The highest BCUT2D eigenvalue weighted by atomic mass is 32.2. The molecule has 96 valence electrons. The molecule has 3 unspecified atom stereocenters. The smallest absolute Gasteiger partial charge is 0.322 e. The first-order valence-electron chi connectivity index (χ1n) is 5.65. The third kappa shape index (κ3) is 6.95. The van der Waals surface area contributed by atoms with Crippen molar-refractivity contribution in [2.75, 3.05) is 19.1 Å². The average molecular weight is 249 g/mol. The van der Waals surface area contributed by atoms with Gasteiger partial charge in [0.2, 0.25) is 0 Å². The molecule has 0 aromatic rings. The molecule has 0 aliphatic rings. The fourth-order valence-corrected chi connectivity index (χ4v) is 2.36. The van der Waals surface area contributed by atoms with Gasteiger partial charge in [-0.25, -0.2) is 0 Å². The normalized spacial score (nSPS) is 16.5. The Hall–Kier alpha value is -0.420. The third-order valence-electron chi connectivity index (χ3n) is 2.30. The minimum absolute atomic E-state index is 0.0618. The number of carbonyl (C=O) groups excluding carboxylic acids is 1. The highest BCUT2D eigenvalue weighted by Gasteiger charge is 2.20. The summed E-state index contributed by atoms with van der Waals surface area (Å²) >= 11 is 0. The summed E-state index contributed by atoms with van der Waals surface area (Å²) < 4.78 is 15.8. The Morgan fingerprint density at radius 3 is 2.56 bits per heavy atom. The van der Waals surface area contributed by atoms with Crippen LogP contribution in [0.25, 0.3) is 0 Å². The highest BCUT2D eigenvalue weighted by Crippen LogP contribution is 2.04. The Morgan fingerprint density at radius 2 is 2.12 bits per heavy atom. The summed E-state index contributed by atoms with van der Waals surface area (Å²) in [6.07, 6.45) is 4.46. The lowest BCUT2D eigenvalue weighted by molar-refractivity contribution is -0.143. The molecular weight excluding hydrogens is 226 g/mol. The molecule has 0 aliphatic heterocycles. The topological polar surface area (TPSA) is 55.4 Å². The molecule has 5 heteroatoms. The number of carbonyl (C=O) groups is 1. The second kappa shape index (κ2) is 8.70. The Morgan fingerprint density at radius 1 is 1.50 bits per heavy atom. The third-order valence-corrected chi connectivity index (χ3v) is 3.27. The van der Waals surface area contributed by atoms with Gasteiger partial charge in [-0.05, 0) is 13.3 Å². The minimum Gasteiger partial charge on any atom is -0.468 e. The summed E-state index contributed by atoms with van der Waals surface area (Å²) in [7, 11) is 0.547. The van der Waals surface area contributed by atoms with E-state index in [-0.39, 0.29) is 18.1 Å². The molecule has 0 fully saturated rings. The van der Waals surface area contributed by atoms with Crippen molar-refractivity contribution in [1.82, 2.24) is 5.32 Å². The van der Waals surface area contributed by atoms with E-state index in [1.165, 1.54) is 7.11 Å². The zero-order chi connectivity index (χ0) is 12.6. The molecular formula is C11H23NO3S. The van der Waals surface area contributed by atoms with Crippen molar-refractivity contribution in [2.45, 2.75) is 45.2 Å². The first-order chi connectivity index (χ1) is 7.51. The monoisotopic (exact) mass is 249 g/mol. The van der Waals surface area contributed by atoms with Crippen LogP contribution in [0.1, 0.15) is 33.1 Å². The molecule has 3 atom stereocenters. The van der Waals surface area contributed by atoms with Gasteiger partial charge in [0.15, 0.2) is 0 Å². The largest absolute Gasteiger partial charge is 0.468 e. The fourth-order valence-electron chi connectivity index (χ4n) is 1.56. The lowest BCUT2D eigenvalue weighted by Crippen LogP contribution is -2.44. The van der Waals surface area contributed by atoms with E-state index in [2.05, 4.69) is 12.2 Å². The molecule has 0 rings (SSSR count). The maximum Gasteiger partial charge on any atom is 0.322 e. The number of hydrogen-bond donors (Lipinski definition) is 1. The molecule has 0 aromatic heterocycles. The van der Waals surface area contributed by atoms with Crippen LogP contribution in [-0.2, 0) is 20.3 Å². The van der Waals surface area contributed by atoms with E-state index < -0.39 is 10.8 Å². The second-order valence-electron chi connectivity index (χ2n) is 4.03. The Bertz CT molecular complexity index is 233. The fraction of sp³-hybridized carbons (Fsp3) is 0.909. The van der Waals surface area contributed by atoms with E-state index in [1.54, 1.807) is 6.26 Å². The van der Waals surface area contributed by atoms with Crippen LogP contribution in [0.2, 0.25) is 0 Å². The van der Waals surface area contributed by atoms with Crippen LogP contribution in [0.4, 0.5) is 0 Å². The van der Waals surface area contributed by atoms with Crippen LogP contribution in [0, 0.1) is 0 Å². The number of hydrogen-bond acceptors (Lipinski definition) is 4.